The second-order valence-corrected chi connectivity index (χ2v) is 7.16. The van der Waals surface area contributed by atoms with Crippen LogP contribution in [-0.2, 0) is 0 Å². The number of halogens is 1. The fourth-order valence-electron chi connectivity index (χ4n) is 1.96. The molecule has 0 atom stereocenters. The number of nitrogens with zero attached hydrogens (tertiary/aromatic N) is 2. The molecule has 1 aromatic rings. The Hall–Kier alpha value is -0.370. The average Bonchev–Trinajstić information content (AvgIpc) is 2.82. The first-order valence-electron chi connectivity index (χ1n) is 5.47. The van der Waals surface area contributed by atoms with E-state index in [0.29, 0.717) is 11.6 Å². The third-order valence-corrected chi connectivity index (χ3v) is 5.99. The van der Waals surface area contributed by atoms with Crippen molar-refractivity contribution < 1.29 is 26.0 Å². The van der Waals surface area contributed by atoms with Crippen LogP contribution in [0.5, 0.6) is 0 Å². The van der Waals surface area contributed by atoms with Crippen molar-refractivity contribution in [1.29, 1.82) is 5.41 Å². The summed E-state index contributed by atoms with van der Waals surface area (Å²) in [4.78, 5) is 13.7. The zero-order chi connectivity index (χ0) is 12.3. The van der Waals surface area contributed by atoms with Crippen LogP contribution >= 0.6 is 11.8 Å². The summed E-state index contributed by atoms with van der Waals surface area (Å²) >= 11 is 1.80. The van der Waals surface area contributed by atoms with Crippen LogP contribution in [0.3, 0.4) is 0 Å². The summed E-state index contributed by atoms with van der Waals surface area (Å²) in [7, 11) is 0. The number of thioether (sulfide) groups is 1. The van der Waals surface area contributed by atoms with Gasteiger partial charge in [-0.2, -0.15) is 0 Å². The molecule has 2 heterocycles. The third-order valence-electron chi connectivity index (χ3n) is 2.85. The second kappa shape index (κ2) is 5.99. The molecule has 1 N–H and O–H groups in total. The van der Waals surface area contributed by atoms with Gasteiger partial charge in [-0.25, -0.2) is 0 Å². The number of rotatable bonds is 4. The van der Waals surface area contributed by atoms with Crippen LogP contribution in [0, 0.1) is 9.11 Å². The molecule has 17 heavy (non-hydrogen) atoms. The van der Waals surface area contributed by atoms with Crippen molar-refractivity contribution in [3.05, 3.63) is 15.5 Å². The molecule has 0 aliphatic carbocycles. The van der Waals surface area contributed by atoms with E-state index in [1.807, 2.05) is 11.8 Å². The number of hydrogen-bond donors (Lipinski definition) is 1. The Labute approximate surface area is 115 Å². The van der Waals surface area contributed by atoms with Crippen molar-refractivity contribution in [3.8, 4) is 0 Å². The fourth-order valence-corrected chi connectivity index (χ4v) is 5.04. The predicted octanol–water partition coefficient (Wildman–Crippen LogP) is -1.33. The normalized spacial score (nSPS) is 17.2. The third kappa shape index (κ3) is 2.73. The maximum absolute atomic E-state index is 11.6. The van der Waals surface area contributed by atoms with Crippen LogP contribution < -0.4 is 21.2 Å². The minimum atomic E-state index is -0.210. The van der Waals surface area contributed by atoms with Gasteiger partial charge in [-0.05, 0) is 0 Å². The summed E-state index contributed by atoms with van der Waals surface area (Å²) < 4.78 is 3.15. The molecule has 1 aromatic heterocycles. The first kappa shape index (κ1) is 13.1. The number of Topliss-reactive ketones (excluding diaryl/α,β-unsaturated/α-hetero) is 1. The van der Waals surface area contributed by atoms with Crippen LogP contribution in [0.2, 0.25) is 0 Å². The number of aromatic nitrogens is 2. The molecule has 6 heteroatoms. The van der Waals surface area contributed by atoms with E-state index in [4.69, 9.17) is 5.41 Å². The zero-order valence-electron chi connectivity index (χ0n) is 9.65. The van der Waals surface area contributed by atoms with Crippen LogP contribution in [-0.4, -0.2) is 38.2 Å². The number of carbonyl (C=O) groups excluding carboxylic acids is 1. The Kier molecular flexibility index (Phi) is 4.61. The van der Waals surface area contributed by atoms with Crippen LogP contribution in [0.1, 0.15) is 29.2 Å². The van der Waals surface area contributed by atoms with E-state index in [2.05, 4.69) is 14.7 Å². The molecule has 1 aliphatic heterocycles. The molecule has 0 amide bonds. The van der Waals surface area contributed by atoms with Gasteiger partial charge < -0.3 is 0 Å². The van der Waals surface area contributed by atoms with E-state index in [9.17, 15) is 4.79 Å². The summed E-state index contributed by atoms with van der Waals surface area (Å²) in [6.45, 7) is 0. The van der Waals surface area contributed by atoms with Crippen molar-refractivity contribution in [2.75, 3.05) is 16.4 Å². The van der Waals surface area contributed by atoms with E-state index in [1.54, 1.807) is 6.20 Å². The van der Waals surface area contributed by atoms with Gasteiger partial charge in [0.25, 0.3) is 0 Å². The summed E-state index contributed by atoms with van der Waals surface area (Å²) in [5.74, 6) is 2.15. The maximum atomic E-state index is 11.6. The minimum absolute atomic E-state index is 0.194. The molecule has 0 aromatic carbocycles. The zero-order valence-corrected chi connectivity index (χ0v) is 12.6. The molecule has 94 valence electrons. The number of hydrogen-bond acceptors (Lipinski definition) is 4. The monoisotopic (exact) mass is 364 g/mol. The summed E-state index contributed by atoms with van der Waals surface area (Å²) in [5, 5.41) is 11.5. The Morgan fingerprint density at radius 2 is 2.35 bits per heavy atom. The van der Waals surface area contributed by atoms with E-state index in [0.717, 1.165) is 22.8 Å². The van der Waals surface area contributed by atoms with Gasteiger partial charge in [0.1, 0.15) is 0 Å². The van der Waals surface area contributed by atoms with Crippen LogP contribution in [0.25, 0.3) is 0 Å². The van der Waals surface area contributed by atoms with Crippen molar-refractivity contribution in [2.45, 2.75) is 18.9 Å². The Morgan fingerprint density at radius 1 is 1.65 bits per heavy atom. The fraction of sp³-hybridized carbons (Fsp3) is 0.545. The average molecular weight is 364 g/mol. The van der Waals surface area contributed by atoms with Gasteiger partial charge in [-0.3, -0.25) is 0 Å². The van der Waals surface area contributed by atoms with Crippen molar-refractivity contribution in [3.63, 3.8) is 0 Å². The van der Waals surface area contributed by atoms with Gasteiger partial charge in [0.2, 0.25) is 0 Å². The second-order valence-electron chi connectivity index (χ2n) is 3.83. The molecule has 1 saturated heterocycles. The summed E-state index contributed by atoms with van der Waals surface area (Å²) in [5.41, 5.74) is 0.647. The van der Waals surface area contributed by atoms with Gasteiger partial charge in [0.15, 0.2) is 0 Å². The van der Waals surface area contributed by atoms with Gasteiger partial charge in [-0.15, -0.1) is 0 Å². The Bertz CT molecular complexity index is 426. The predicted molar refractivity (Wildman–Crippen MR) is 65.6 cm³/mol. The number of alkyl halides is 1. The van der Waals surface area contributed by atoms with E-state index >= 15 is 0 Å². The van der Waals surface area contributed by atoms with Crippen molar-refractivity contribution in [1.82, 2.24) is 9.78 Å². The molecule has 1 aliphatic rings. The van der Waals surface area contributed by atoms with Gasteiger partial charge in [-0.1, -0.05) is 0 Å². The molecular formula is C11H15IN3OS-. The van der Waals surface area contributed by atoms with Gasteiger partial charge in [0.05, 0.1) is 0 Å². The van der Waals surface area contributed by atoms with E-state index < -0.39 is 0 Å². The van der Waals surface area contributed by atoms with Crippen molar-refractivity contribution >= 4 is 23.8 Å². The molecule has 0 unspecified atom stereocenters. The van der Waals surface area contributed by atoms with Gasteiger partial charge >= 0.3 is 116 Å². The summed E-state index contributed by atoms with van der Waals surface area (Å²) in [6, 6.07) is 0.457. The molecular weight excluding hydrogens is 349 g/mol. The molecule has 1 fully saturated rings. The summed E-state index contributed by atoms with van der Waals surface area (Å²) in [6.07, 6.45) is 4.82. The first-order chi connectivity index (χ1) is 8.27. The van der Waals surface area contributed by atoms with Crippen LogP contribution in [0.4, 0.5) is 0 Å². The standard InChI is InChI=1S/C11H15IN3OS/c1-12-11-9(10(16)6-13)7-14-15(11)8-2-4-17-5-3-8/h6-8,13H,2-5H2,1H3/q-1. The first-order valence-corrected chi connectivity index (χ1v) is 9.86. The molecule has 4 nitrogen and oxygen atoms in total. The van der Waals surface area contributed by atoms with E-state index in [-0.39, 0.29) is 27.0 Å². The Morgan fingerprint density at radius 3 is 2.94 bits per heavy atom. The van der Waals surface area contributed by atoms with E-state index in [1.165, 1.54) is 11.5 Å². The number of nitrogens with one attached hydrogen (secondary N) is 1. The van der Waals surface area contributed by atoms with Crippen LogP contribution in [0.15, 0.2) is 6.20 Å². The Balaban J connectivity index is 2.30. The number of ketones is 1. The molecule has 0 bridgehead atoms. The SMILES string of the molecule is C[I-]c1c(C(=O)C=N)cnn1C1CCSCC1. The van der Waals surface area contributed by atoms with Gasteiger partial charge in [0, 0.05) is 0 Å². The molecule has 0 radical (unpaired) electrons. The quantitative estimate of drug-likeness (QED) is 0.312. The molecule has 0 spiro atoms. The van der Waals surface area contributed by atoms with Crippen molar-refractivity contribution in [2.24, 2.45) is 0 Å². The molecule has 2 rings (SSSR count). The molecule has 0 saturated carbocycles. The topological polar surface area (TPSA) is 58.7 Å². The number of carbonyl (C=O) groups is 1.